The van der Waals surface area contributed by atoms with Gasteiger partial charge in [-0.2, -0.15) is 0 Å². The van der Waals surface area contributed by atoms with Gasteiger partial charge in [0.15, 0.2) is 6.29 Å². The van der Waals surface area contributed by atoms with Gasteiger partial charge < -0.3 is 9.47 Å². The van der Waals surface area contributed by atoms with Crippen LogP contribution in [-0.2, 0) is 19.5 Å². The normalized spacial score (nSPS) is 11.9. The molecule has 6 heteroatoms. The molecule has 0 radical (unpaired) electrons. The van der Waals surface area contributed by atoms with Crippen LogP contribution < -0.4 is 4.72 Å². The molecule has 0 spiro atoms. The van der Waals surface area contributed by atoms with Gasteiger partial charge in [0, 0.05) is 13.2 Å². The van der Waals surface area contributed by atoms with E-state index in [-0.39, 0.29) is 11.4 Å². The molecular weight excluding hydrogens is 254 g/mol. The Labute approximate surface area is 108 Å². The largest absolute Gasteiger partial charge is 0.352 e. The van der Waals surface area contributed by atoms with Crippen molar-refractivity contribution >= 4 is 10.0 Å². The molecule has 0 aromatic heterocycles. The van der Waals surface area contributed by atoms with Gasteiger partial charge in [-0.3, -0.25) is 0 Å². The first-order valence-corrected chi connectivity index (χ1v) is 7.36. The van der Waals surface area contributed by atoms with Gasteiger partial charge in [0.1, 0.15) is 0 Å². The Morgan fingerprint density at radius 3 is 2.17 bits per heavy atom. The maximum atomic E-state index is 11.9. The Hall–Kier alpha value is -0.950. The second-order valence-corrected chi connectivity index (χ2v) is 5.27. The maximum Gasteiger partial charge on any atom is 0.240 e. The molecule has 0 fully saturated rings. The van der Waals surface area contributed by atoms with E-state index in [2.05, 4.69) is 4.72 Å². The first-order chi connectivity index (χ1) is 8.60. The molecule has 102 valence electrons. The standard InChI is InChI=1S/C12H19NO4S/c1-3-16-12(17-4-2)10-13-18(14,15)11-8-6-5-7-9-11/h5-9,12-13H,3-4,10H2,1-2H3. The summed E-state index contributed by atoms with van der Waals surface area (Å²) < 4.78 is 36.8. The van der Waals surface area contributed by atoms with Crippen LogP contribution in [0.4, 0.5) is 0 Å². The van der Waals surface area contributed by atoms with Gasteiger partial charge in [-0.05, 0) is 26.0 Å². The van der Waals surface area contributed by atoms with Crippen molar-refractivity contribution in [1.29, 1.82) is 0 Å². The highest BCUT2D eigenvalue weighted by molar-refractivity contribution is 7.89. The Kier molecular flexibility index (Phi) is 6.28. The fraction of sp³-hybridized carbons (Fsp3) is 0.500. The van der Waals surface area contributed by atoms with Crippen molar-refractivity contribution in [3.63, 3.8) is 0 Å². The van der Waals surface area contributed by atoms with Gasteiger partial charge in [0.05, 0.1) is 11.4 Å². The maximum absolute atomic E-state index is 11.9. The first-order valence-electron chi connectivity index (χ1n) is 5.88. The van der Waals surface area contributed by atoms with Gasteiger partial charge in [0.25, 0.3) is 0 Å². The summed E-state index contributed by atoms with van der Waals surface area (Å²) >= 11 is 0. The number of hydrogen-bond acceptors (Lipinski definition) is 4. The average molecular weight is 273 g/mol. The van der Waals surface area contributed by atoms with Gasteiger partial charge in [-0.25, -0.2) is 13.1 Å². The number of ether oxygens (including phenoxy) is 2. The molecular formula is C12H19NO4S. The minimum absolute atomic E-state index is 0.0961. The zero-order chi connectivity index (χ0) is 13.4. The molecule has 0 amide bonds. The fourth-order valence-corrected chi connectivity index (χ4v) is 2.44. The smallest absolute Gasteiger partial charge is 0.240 e. The highest BCUT2D eigenvalue weighted by atomic mass is 32.2. The molecule has 0 aliphatic heterocycles. The van der Waals surface area contributed by atoms with Crippen molar-refractivity contribution in [3.05, 3.63) is 30.3 Å². The third-order valence-corrected chi connectivity index (χ3v) is 3.64. The Morgan fingerprint density at radius 1 is 1.11 bits per heavy atom. The van der Waals surface area contributed by atoms with Gasteiger partial charge >= 0.3 is 0 Å². The van der Waals surface area contributed by atoms with Crippen molar-refractivity contribution in [1.82, 2.24) is 4.72 Å². The molecule has 0 saturated carbocycles. The summed E-state index contributed by atoms with van der Waals surface area (Å²) in [6, 6.07) is 8.20. The minimum Gasteiger partial charge on any atom is -0.352 e. The number of rotatable bonds is 8. The van der Waals surface area contributed by atoms with Crippen molar-refractivity contribution in [2.45, 2.75) is 25.0 Å². The Morgan fingerprint density at radius 2 is 1.67 bits per heavy atom. The lowest BCUT2D eigenvalue weighted by Crippen LogP contribution is -2.35. The summed E-state index contributed by atoms with van der Waals surface area (Å²) in [5.41, 5.74) is 0. The topological polar surface area (TPSA) is 64.6 Å². The summed E-state index contributed by atoms with van der Waals surface area (Å²) in [5.74, 6) is 0. The van der Waals surface area contributed by atoms with Crippen LogP contribution in [0.3, 0.4) is 0 Å². The molecule has 1 aromatic carbocycles. The van der Waals surface area contributed by atoms with E-state index in [1.807, 2.05) is 13.8 Å². The summed E-state index contributed by atoms with van der Waals surface area (Å²) in [6.45, 7) is 4.70. The molecule has 0 heterocycles. The SMILES string of the molecule is CCOC(CNS(=O)(=O)c1ccccc1)OCC. The predicted molar refractivity (Wildman–Crippen MR) is 68.7 cm³/mol. The lowest BCUT2D eigenvalue weighted by atomic mass is 10.4. The van der Waals surface area contributed by atoms with Crippen molar-refractivity contribution in [2.24, 2.45) is 0 Å². The van der Waals surface area contributed by atoms with Crippen LogP contribution >= 0.6 is 0 Å². The third kappa shape index (κ3) is 4.73. The molecule has 0 aliphatic rings. The number of benzene rings is 1. The van der Waals surface area contributed by atoms with Crippen LogP contribution in [0, 0.1) is 0 Å². The molecule has 5 nitrogen and oxygen atoms in total. The lowest BCUT2D eigenvalue weighted by Gasteiger charge is -2.17. The van der Waals surface area contributed by atoms with E-state index < -0.39 is 16.3 Å². The van der Waals surface area contributed by atoms with Crippen LogP contribution in [0.2, 0.25) is 0 Å². The van der Waals surface area contributed by atoms with Crippen molar-refractivity contribution < 1.29 is 17.9 Å². The van der Waals surface area contributed by atoms with Crippen LogP contribution in [0.5, 0.6) is 0 Å². The number of nitrogens with one attached hydrogen (secondary N) is 1. The molecule has 1 aromatic rings. The number of sulfonamides is 1. The molecule has 1 rings (SSSR count). The van der Waals surface area contributed by atoms with E-state index in [1.54, 1.807) is 30.3 Å². The molecule has 0 saturated heterocycles. The van der Waals surface area contributed by atoms with E-state index in [0.717, 1.165) is 0 Å². The predicted octanol–water partition coefficient (Wildman–Crippen LogP) is 1.36. The van der Waals surface area contributed by atoms with Gasteiger partial charge in [-0.1, -0.05) is 18.2 Å². The first kappa shape index (κ1) is 15.1. The monoisotopic (exact) mass is 273 g/mol. The highest BCUT2D eigenvalue weighted by Crippen LogP contribution is 2.07. The molecule has 0 aliphatic carbocycles. The van der Waals surface area contributed by atoms with E-state index >= 15 is 0 Å². The van der Waals surface area contributed by atoms with Crippen molar-refractivity contribution in [2.75, 3.05) is 19.8 Å². The zero-order valence-electron chi connectivity index (χ0n) is 10.6. The Bertz CT molecular complexity index is 427. The number of hydrogen-bond donors (Lipinski definition) is 1. The average Bonchev–Trinajstić information content (AvgIpc) is 2.38. The van der Waals surface area contributed by atoms with Crippen molar-refractivity contribution in [3.8, 4) is 0 Å². The summed E-state index contributed by atoms with van der Waals surface area (Å²) in [4.78, 5) is 0.233. The quantitative estimate of drug-likeness (QED) is 0.726. The molecule has 0 atom stereocenters. The minimum atomic E-state index is -3.50. The Balaban J connectivity index is 2.61. The molecule has 0 bridgehead atoms. The molecule has 0 unspecified atom stereocenters. The molecule has 1 N–H and O–H groups in total. The van der Waals surface area contributed by atoms with E-state index in [0.29, 0.717) is 13.2 Å². The van der Waals surface area contributed by atoms with E-state index in [4.69, 9.17) is 9.47 Å². The van der Waals surface area contributed by atoms with Crippen LogP contribution in [0.15, 0.2) is 35.2 Å². The third-order valence-electron chi connectivity index (χ3n) is 2.20. The van der Waals surface area contributed by atoms with Crippen LogP contribution in [-0.4, -0.2) is 34.5 Å². The molecule has 18 heavy (non-hydrogen) atoms. The van der Waals surface area contributed by atoms with E-state index in [9.17, 15) is 8.42 Å². The van der Waals surface area contributed by atoms with Gasteiger partial charge in [-0.15, -0.1) is 0 Å². The zero-order valence-corrected chi connectivity index (χ0v) is 11.4. The fourth-order valence-electron chi connectivity index (χ4n) is 1.40. The highest BCUT2D eigenvalue weighted by Gasteiger charge is 2.16. The van der Waals surface area contributed by atoms with E-state index in [1.165, 1.54) is 0 Å². The van der Waals surface area contributed by atoms with Crippen LogP contribution in [0.1, 0.15) is 13.8 Å². The second kappa shape index (κ2) is 7.48. The lowest BCUT2D eigenvalue weighted by molar-refractivity contribution is -0.130. The van der Waals surface area contributed by atoms with Gasteiger partial charge in [0.2, 0.25) is 10.0 Å². The summed E-state index contributed by atoms with van der Waals surface area (Å²) in [5, 5.41) is 0. The van der Waals surface area contributed by atoms with Crippen LogP contribution in [0.25, 0.3) is 0 Å². The summed E-state index contributed by atoms with van der Waals surface area (Å²) in [7, 11) is -3.50. The summed E-state index contributed by atoms with van der Waals surface area (Å²) in [6.07, 6.45) is -0.557. The second-order valence-electron chi connectivity index (χ2n) is 3.51.